The van der Waals surface area contributed by atoms with E-state index in [9.17, 15) is 4.79 Å². The van der Waals surface area contributed by atoms with Crippen LogP contribution in [0, 0.1) is 6.92 Å². The van der Waals surface area contributed by atoms with E-state index in [0.29, 0.717) is 5.16 Å². The summed E-state index contributed by atoms with van der Waals surface area (Å²) in [6.45, 7) is 2.58. The van der Waals surface area contributed by atoms with Gasteiger partial charge in [0.05, 0.1) is 0 Å². The minimum absolute atomic E-state index is 0.125. The van der Waals surface area contributed by atoms with Gasteiger partial charge in [0.25, 0.3) is 5.56 Å². The fraction of sp³-hybridized carbons (Fsp3) is 0.231. The molecular weight excluding hydrogens is 326 g/mol. The summed E-state index contributed by atoms with van der Waals surface area (Å²) < 4.78 is 1.00. The Balaban J connectivity index is 2.36. The van der Waals surface area contributed by atoms with E-state index < -0.39 is 0 Å². The van der Waals surface area contributed by atoms with Crippen LogP contribution in [0.2, 0.25) is 0 Å². The largest absolute Gasteiger partial charge is 0.316 e. The molecular formula is C13H14BrN3OS. The molecule has 6 heteroatoms. The van der Waals surface area contributed by atoms with Gasteiger partial charge in [-0.1, -0.05) is 33.8 Å². The number of nitrogens with one attached hydrogen (secondary N) is 2. The van der Waals surface area contributed by atoms with Crippen molar-refractivity contribution < 1.29 is 0 Å². The Labute approximate surface area is 124 Å². The van der Waals surface area contributed by atoms with E-state index in [4.69, 9.17) is 0 Å². The van der Waals surface area contributed by atoms with Crippen molar-refractivity contribution in [2.75, 3.05) is 7.05 Å². The van der Waals surface area contributed by atoms with E-state index in [1.807, 2.05) is 26.1 Å². The average molecular weight is 340 g/mol. The second kappa shape index (κ2) is 6.36. The van der Waals surface area contributed by atoms with Gasteiger partial charge in [0.2, 0.25) is 0 Å². The molecule has 1 heterocycles. The fourth-order valence-electron chi connectivity index (χ4n) is 1.66. The quantitative estimate of drug-likeness (QED) is 0.841. The van der Waals surface area contributed by atoms with Crippen LogP contribution in [0.4, 0.5) is 0 Å². The van der Waals surface area contributed by atoms with Gasteiger partial charge in [-0.05, 0) is 31.7 Å². The molecule has 0 aliphatic carbocycles. The third-order valence-corrected chi connectivity index (χ3v) is 3.93. The smallest absolute Gasteiger partial charge is 0.251 e. The van der Waals surface area contributed by atoms with E-state index in [1.54, 1.807) is 0 Å². The molecule has 0 unspecified atom stereocenters. The lowest BCUT2D eigenvalue weighted by atomic mass is 10.2. The molecule has 2 aromatic rings. The number of aromatic nitrogens is 2. The topological polar surface area (TPSA) is 57.8 Å². The normalized spacial score (nSPS) is 10.7. The molecule has 0 spiro atoms. The summed E-state index contributed by atoms with van der Waals surface area (Å²) in [7, 11) is 1.91. The molecule has 0 aliphatic heterocycles. The van der Waals surface area contributed by atoms with Gasteiger partial charge in [0, 0.05) is 27.7 Å². The highest BCUT2D eigenvalue weighted by Crippen LogP contribution is 2.30. The van der Waals surface area contributed by atoms with Gasteiger partial charge >= 0.3 is 0 Å². The second-order valence-electron chi connectivity index (χ2n) is 4.08. The monoisotopic (exact) mass is 339 g/mol. The molecule has 0 amide bonds. The van der Waals surface area contributed by atoms with Crippen LogP contribution < -0.4 is 10.9 Å². The van der Waals surface area contributed by atoms with Crippen LogP contribution in [0.1, 0.15) is 11.3 Å². The first-order valence-corrected chi connectivity index (χ1v) is 7.38. The van der Waals surface area contributed by atoms with Gasteiger partial charge in [-0.3, -0.25) is 4.79 Å². The Hall–Kier alpha value is -1.11. The highest BCUT2D eigenvalue weighted by atomic mass is 79.9. The van der Waals surface area contributed by atoms with Crippen molar-refractivity contribution in [3.63, 3.8) is 0 Å². The molecule has 0 atom stereocenters. The van der Waals surface area contributed by atoms with Crippen LogP contribution in [-0.4, -0.2) is 17.0 Å². The fourth-order valence-corrected chi connectivity index (χ4v) is 3.18. The lowest BCUT2D eigenvalue weighted by Gasteiger charge is -2.09. The Bertz CT molecular complexity index is 642. The van der Waals surface area contributed by atoms with E-state index in [1.165, 1.54) is 23.4 Å². The summed E-state index contributed by atoms with van der Waals surface area (Å²) in [5, 5.41) is 3.74. The SMILES string of the molecule is CNCc1ccc(Br)cc1Sc1nc(C)cc(=O)[nH]1. The van der Waals surface area contributed by atoms with Gasteiger partial charge in [0.1, 0.15) is 0 Å². The first-order valence-electron chi connectivity index (χ1n) is 5.77. The van der Waals surface area contributed by atoms with Crippen LogP contribution in [0.25, 0.3) is 0 Å². The van der Waals surface area contributed by atoms with Crippen molar-refractivity contribution in [1.82, 2.24) is 15.3 Å². The minimum Gasteiger partial charge on any atom is -0.316 e. The van der Waals surface area contributed by atoms with E-state index in [2.05, 4.69) is 37.3 Å². The summed E-state index contributed by atoms with van der Waals surface area (Å²) >= 11 is 4.92. The van der Waals surface area contributed by atoms with Gasteiger partial charge in [0.15, 0.2) is 5.16 Å². The summed E-state index contributed by atoms with van der Waals surface area (Å²) in [5.74, 6) is 0. The zero-order chi connectivity index (χ0) is 13.8. The third-order valence-electron chi connectivity index (χ3n) is 2.45. The van der Waals surface area contributed by atoms with Crippen molar-refractivity contribution in [2.45, 2.75) is 23.5 Å². The Morgan fingerprint density at radius 3 is 2.89 bits per heavy atom. The maximum atomic E-state index is 11.4. The number of benzene rings is 1. The summed E-state index contributed by atoms with van der Waals surface area (Å²) in [6.07, 6.45) is 0. The number of H-pyrrole nitrogens is 1. The average Bonchev–Trinajstić information content (AvgIpc) is 2.31. The number of halogens is 1. The molecule has 19 heavy (non-hydrogen) atoms. The minimum atomic E-state index is -0.125. The highest BCUT2D eigenvalue weighted by molar-refractivity contribution is 9.10. The van der Waals surface area contributed by atoms with Crippen molar-refractivity contribution in [3.8, 4) is 0 Å². The standard InChI is InChI=1S/C13H14BrN3OS/c1-8-5-12(18)17-13(16-8)19-11-6-10(14)4-3-9(11)7-15-2/h3-6,15H,7H2,1-2H3,(H,16,17,18). The highest BCUT2D eigenvalue weighted by Gasteiger charge is 2.07. The number of nitrogens with zero attached hydrogens (tertiary/aromatic N) is 1. The molecule has 4 nitrogen and oxygen atoms in total. The van der Waals surface area contributed by atoms with E-state index in [0.717, 1.165) is 21.6 Å². The molecule has 2 rings (SSSR count). The Kier molecular flexibility index (Phi) is 4.79. The molecule has 0 saturated carbocycles. The Morgan fingerprint density at radius 2 is 2.21 bits per heavy atom. The molecule has 0 fully saturated rings. The molecule has 1 aromatic heterocycles. The van der Waals surface area contributed by atoms with E-state index >= 15 is 0 Å². The Morgan fingerprint density at radius 1 is 1.42 bits per heavy atom. The number of rotatable bonds is 4. The number of aryl methyl sites for hydroxylation is 1. The van der Waals surface area contributed by atoms with Gasteiger partial charge in [-0.15, -0.1) is 0 Å². The number of hydrogen-bond donors (Lipinski definition) is 2. The van der Waals surface area contributed by atoms with Crippen LogP contribution in [0.3, 0.4) is 0 Å². The zero-order valence-corrected chi connectivity index (χ0v) is 13.1. The molecule has 1 aromatic carbocycles. The number of aromatic amines is 1. The van der Waals surface area contributed by atoms with Crippen molar-refractivity contribution in [1.29, 1.82) is 0 Å². The summed E-state index contributed by atoms with van der Waals surface area (Å²) in [5.41, 5.74) is 1.76. The molecule has 0 aliphatic rings. The first-order chi connectivity index (χ1) is 9.08. The van der Waals surface area contributed by atoms with Gasteiger partial charge in [-0.2, -0.15) is 0 Å². The maximum Gasteiger partial charge on any atom is 0.251 e. The molecule has 2 N–H and O–H groups in total. The zero-order valence-electron chi connectivity index (χ0n) is 10.7. The van der Waals surface area contributed by atoms with Crippen LogP contribution in [-0.2, 0) is 6.54 Å². The van der Waals surface area contributed by atoms with Gasteiger partial charge in [-0.25, -0.2) is 4.98 Å². The molecule has 0 radical (unpaired) electrons. The van der Waals surface area contributed by atoms with Crippen molar-refractivity contribution in [2.24, 2.45) is 0 Å². The predicted molar refractivity (Wildman–Crippen MR) is 80.6 cm³/mol. The lowest BCUT2D eigenvalue weighted by Crippen LogP contribution is -2.09. The second-order valence-corrected chi connectivity index (χ2v) is 6.02. The van der Waals surface area contributed by atoms with Gasteiger partial charge < -0.3 is 10.3 Å². The van der Waals surface area contributed by atoms with E-state index in [-0.39, 0.29) is 5.56 Å². The number of hydrogen-bond acceptors (Lipinski definition) is 4. The molecule has 0 saturated heterocycles. The molecule has 0 bridgehead atoms. The van der Waals surface area contributed by atoms with Crippen molar-refractivity contribution >= 4 is 27.7 Å². The predicted octanol–water partition coefficient (Wildman–Crippen LogP) is 2.71. The summed E-state index contributed by atoms with van der Waals surface area (Å²) in [6, 6.07) is 7.57. The lowest BCUT2D eigenvalue weighted by molar-refractivity contribution is 0.801. The third kappa shape index (κ3) is 3.92. The van der Waals surface area contributed by atoms with Crippen LogP contribution >= 0.6 is 27.7 Å². The van der Waals surface area contributed by atoms with Crippen LogP contribution in [0.5, 0.6) is 0 Å². The first kappa shape index (κ1) is 14.3. The van der Waals surface area contributed by atoms with Crippen LogP contribution in [0.15, 0.2) is 43.6 Å². The summed E-state index contributed by atoms with van der Waals surface area (Å²) in [4.78, 5) is 19.6. The van der Waals surface area contributed by atoms with Crippen molar-refractivity contribution in [3.05, 3.63) is 50.3 Å². The maximum absolute atomic E-state index is 11.4. The molecule has 100 valence electrons.